The van der Waals surface area contributed by atoms with Crippen LogP contribution in [-0.2, 0) is 18.3 Å². The van der Waals surface area contributed by atoms with Gasteiger partial charge in [-0.05, 0) is 37.5 Å². The Hall–Kier alpha value is -3.09. The third kappa shape index (κ3) is 3.58. The average molecular weight is 362 g/mol. The highest BCUT2D eigenvalue weighted by molar-refractivity contribution is 5.79. The highest BCUT2D eigenvalue weighted by Crippen LogP contribution is 2.31. The van der Waals surface area contributed by atoms with Crippen molar-refractivity contribution in [2.75, 3.05) is 6.54 Å². The standard InChI is InChI=1S/C20H22N6O/c1-14-11-16(20-22-8-10-25(20)2)24-19(23-14)17-6-4-9-26(17)18(27)12-15-5-3-7-21-13-15/h3,5,7-8,10-11,13,17H,4,6,9,12H2,1-2H3/t17-/m0/s1. The highest BCUT2D eigenvalue weighted by Gasteiger charge is 2.32. The van der Waals surface area contributed by atoms with E-state index in [2.05, 4.69) is 15.0 Å². The van der Waals surface area contributed by atoms with Crippen LogP contribution in [0.5, 0.6) is 0 Å². The minimum atomic E-state index is -0.0897. The van der Waals surface area contributed by atoms with Crippen molar-refractivity contribution in [1.29, 1.82) is 0 Å². The monoisotopic (exact) mass is 362 g/mol. The fourth-order valence-corrected chi connectivity index (χ4v) is 3.58. The minimum Gasteiger partial charge on any atom is -0.333 e. The van der Waals surface area contributed by atoms with E-state index >= 15 is 0 Å². The first kappa shape index (κ1) is 17.3. The summed E-state index contributed by atoms with van der Waals surface area (Å²) >= 11 is 0. The summed E-state index contributed by atoms with van der Waals surface area (Å²) in [4.78, 5) is 32.7. The number of hydrogen-bond donors (Lipinski definition) is 0. The van der Waals surface area contributed by atoms with Gasteiger partial charge in [-0.1, -0.05) is 6.07 Å². The number of amides is 1. The zero-order valence-electron chi connectivity index (χ0n) is 15.5. The smallest absolute Gasteiger partial charge is 0.227 e. The summed E-state index contributed by atoms with van der Waals surface area (Å²) in [5.41, 5.74) is 2.59. The number of aromatic nitrogens is 5. The summed E-state index contributed by atoms with van der Waals surface area (Å²) in [7, 11) is 1.94. The maximum Gasteiger partial charge on any atom is 0.227 e. The Bertz CT molecular complexity index is 952. The summed E-state index contributed by atoms with van der Waals surface area (Å²) in [5, 5.41) is 0. The van der Waals surface area contributed by atoms with Crippen LogP contribution in [0.2, 0.25) is 0 Å². The van der Waals surface area contributed by atoms with Crippen molar-refractivity contribution in [2.24, 2.45) is 7.05 Å². The molecule has 27 heavy (non-hydrogen) atoms. The number of hydrogen-bond acceptors (Lipinski definition) is 5. The van der Waals surface area contributed by atoms with Gasteiger partial charge in [0.25, 0.3) is 0 Å². The van der Waals surface area contributed by atoms with E-state index in [1.807, 2.05) is 47.8 Å². The van der Waals surface area contributed by atoms with Gasteiger partial charge in [0.2, 0.25) is 5.91 Å². The molecular weight excluding hydrogens is 340 g/mol. The van der Waals surface area contributed by atoms with Crippen LogP contribution in [-0.4, -0.2) is 41.9 Å². The topological polar surface area (TPSA) is 76.8 Å². The van der Waals surface area contributed by atoms with Gasteiger partial charge < -0.3 is 9.47 Å². The van der Waals surface area contributed by atoms with Crippen molar-refractivity contribution in [2.45, 2.75) is 32.2 Å². The molecule has 4 rings (SSSR count). The first-order valence-corrected chi connectivity index (χ1v) is 9.13. The number of pyridine rings is 1. The molecule has 0 aliphatic carbocycles. The quantitative estimate of drug-likeness (QED) is 0.713. The highest BCUT2D eigenvalue weighted by atomic mass is 16.2. The van der Waals surface area contributed by atoms with Crippen LogP contribution in [0.1, 0.15) is 36.0 Å². The largest absolute Gasteiger partial charge is 0.333 e. The SMILES string of the molecule is Cc1cc(-c2nccn2C)nc([C@@H]2CCCN2C(=O)Cc2cccnc2)n1. The van der Waals surface area contributed by atoms with Crippen molar-refractivity contribution in [3.8, 4) is 11.5 Å². The molecule has 0 bridgehead atoms. The van der Waals surface area contributed by atoms with E-state index in [1.165, 1.54) is 0 Å². The number of likely N-dealkylation sites (tertiary alicyclic amines) is 1. The van der Waals surface area contributed by atoms with Crippen molar-refractivity contribution in [3.63, 3.8) is 0 Å². The number of aryl methyl sites for hydroxylation is 2. The maximum atomic E-state index is 12.9. The van der Waals surface area contributed by atoms with Gasteiger partial charge in [-0.3, -0.25) is 9.78 Å². The molecule has 0 N–H and O–H groups in total. The Kier molecular flexibility index (Phi) is 4.66. The lowest BCUT2D eigenvalue weighted by atomic mass is 10.1. The van der Waals surface area contributed by atoms with E-state index in [-0.39, 0.29) is 11.9 Å². The molecule has 0 unspecified atom stereocenters. The van der Waals surface area contributed by atoms with Gasteiger partial charge in [0, 0.05) is 44.1 Å². The van der Waals surface area contributed by atoms with Gasteiger partial charge in [-0.15, -0.1) is 0 Å². The second-order valence-electron chi connectivity index (χ2n) is 6.90. The second kappa shape index (κ2) is 7.26. The molecule has 0 aromatic carbocycles. The molecule has 3 aromatic rings. The fraction of sp³-hybridized carbons (Fsp3) is 0.350. The number of carbonyl (C=O) groups excluding carboxylic acids is 1. The number of carbonyl (C=O) groups is 1. The maximum absolute atomic E-state index is 12.9. The predicted molar refractivity (Wildman–Crippen MR) is 101 cm³/mol. The summed E-state index contributed by atoms with van der Waals surface area (Å²) in [6.45, 7) is 2.69. The number of nitrogens with zero attached hydrogens (tertiary/aromatic N) is 6. The molecule has 0 radical (unpaired) electrons. The van der Waals surface area contributed by atoms with Crippen molar-refractivity contribution < 1.29 is 4.79 Å². The lowest BCUT2D eigenvalue weighted by molar-refractivity contribution is -0.131. The fourth-order valence-electron chi connectivity index (χ4n) is 3.58. The lowest BCUT2D eigenvalue weighted by Crippen LogP contribution is -2.32. The molecule has 3 aromatic heterocycles. The summed E-state index contributed by atoms with van der Waals surface area (Å²) < 4.78 is 1.94. The molecule has 1 atom stereocenters. The van der Waals surface area contributed by atoms with Crippen LogP contribution in [0, 0.1) is 6.92 Å². The zero-order valence-corrected chi connectivity index (χ0v) is 15.5. The molecule has 0 saturated carbocycles. The Morgan fingerprint density at radius 3 is 2.93 bits per heavy atom. The van der Waals surface area contributed by atoms with Gasteiger partial charge in [-0.2, -0.15) is 0 Å². The van der Waals surface area contributed by atoms with Gasteiger partial charge >= 0.3 is 0 Å². The molecule has 7 heteroatoms. The predicted octanol–water partition coefficient (Wildman–Crippen LogP) is 2.49. The summed E-state index contributed by atoms with van der Waals surface area (Å²) in [6.07, 6.45) is 9.29. The van der Waals surface area contributed by atoms with Crippen LogP contribution < -0.4 is 0 Å². The molecule has 1 amide bonds. The van der Waals surface area contributed by atoms with Crippen LogP contribution in [0.4, 0.5) is 0 Å². The second-order valence-corrected chi connectivity index (χ2v) is 6.90. The van der Waals surface area contributed by atoms with Crippen molar-refractivity contribution in [3.05, 3.63) is 60.1 Å². The van der Waals surface area contributed by atoms with E-state index in [0.717, 1.165) is 42.2 Å². The lowest BCUT2D eigenvalue weighted by Gasteiger charge is -2.24. The van der Waals surface area contributed by atoms with Crippen molar-refractivity contribution in [1.82, 2.24) is 29.4 Å². The molecule has 1 aliphatic rings. The first-order chi connectivity index (χ1) is 13.1. The third-order valence-corrected chi connectivity index (χ3v) is 4.87. The molecule has 0 spiro atoms. The Labute approximate surface area is 158 Å². The first-order valence-electron chi connectivity index (χ1n) is 9.13. The van der Waals surface area contributed by atoms with Gasteiger partial charge in [-0.25, -0.2) is 15.0 Å². The average Bonchev–Trinajstić information content (AvgIpc) is 3.31. The van der Waals surface area contributed by atoms with E-state index < -0.39 is 0 Å². The number of rotatable bonds is 4. The normalized spacial score (nSPS) is 16.7. The van der Waals surface area contributed by atoms with E-state index in [1.54, 1.807) is 18.6 Å². The van der Waals surface area contributed by atoms with Crippen LogP contribution >= 0.6 is 0 Å². The Morgan fingerprint density at radius 1 is 1.30 bits per heavy atom. The molecule has 1 fully saturated rings. The van der Waals surface area contributed by atoms with E-state index in [4.69, 9.17) is 4.98 Å². The molecule has 7 nitrogen and oxygen atoms in total. The Balaban J connectivity index is 1.61. The van der Waals surface area contributed by atoms with E-state index in [9.17, 15) is 4.79 Å². The van der Waals surface area contributed by atoms with Crippen molar-refractivity contribution >= 4 is 5.91 Å². The van der Waals surface area contributed by atoms with Gasteiger partial charge in [0.05, 0.1) is 12.5 Å². The molecular formula is C20H22N6O. The van der Waals surface area contributed by atoms with Gasteiger partial charge in [0.1, 0.15) is 5.69 Å². The van der Waals surface area contributed by atoms with Crippen LogP contribution in [0.3, 0.4) is 0 Å². The third-order valence-electron chi connectivity index (χ3n) is 4.87. The summed E-state index contributed by atoms with van der Waals surface area (Å²) in [5.74, 6) is 1.59. The van der Waals surface area contributed by atoms with Crippen LogP contribution in [0.15, 0.2) is 43.0 Å². The summed E-state index contributed by atoms with van der Waals surface area (Å²) in [6, 6.07) is 5.63. The minimum absolute atomic E-state index is 0.0897. The Morgan fingerprint density at radius 2 is 2.19 bits per heavy atom. The zero-order chi connectivity index (χ0) is 18.8. The molecule has 138 valence electrons. The molecule has 4 heterocycles. The number of imidazole rings is 1. The van der Waals surface area contributed by atoms with Gasteiger partial charge in [0.15, 0.2) is 11.6 Å². The molecule has 1 aliphatic heterocycles. The van der Waals surface area contributed by atoms with Crippen LogP contribution in [0.25, 0.3) is 11.5 Å². The molecule has 1 saturated heterocycles. The van der Waals surface area contributed by atoms with E-state index in [0.29, 0.717) is 12.2 Å².